The first-order chi connectivity index (χ1) is 15.6. The highest BCUT2D eigenvalue weighted by atomic mass is 16.1. The number of nitrogens with one attached hydrogen (secondary N) is 1. The molecule has 2 aromatic carbocycles. The van der Waals surface area contributed by atoms with Crippen molar-refractivity contribution in [2.24, 2.45) is 0 Å². The molecule has 4 aromatic rings. The van der Waals surface area contributed by atoms with Crippen molar-refractivity contribution in [2.75, 3.05) is 29.9 Å². The van der Waals surface area contributed by atoms with Crippen LogP contribution in [0.4, 0.5) is 11.9 Å². The summed E-state index contributed by atoms with van der Waals surface area (Å²) in [4.78, 5) is 28.3. The third kappa shape index (κ3) is 3.98. The van der Waals surface area contributed by atoms with Crippen LogP contribution >= 0.6 is 0 Å². The van der Waals surface area contributed by atoms with E-state index >= 15 is 0 Å². The Hall–Kier alpha value is -3.61. The lowest BCUT2D eigenvalue weighted by Gasteiger charge is -2.37. The fourth-order valence-corrected chi connectivity index (χ4v) is 4.50. The number of piperidine rings is 1. The number of benzene rings is 2. The van der Waals surface area contributed by atoms with Gasteiger partial charge in [0.05, 0.1) is 17.6 Å². The quantitative estimate of drug-likeness (QED) is 0.526. The van der Waals surface area contributed by atoms with Gasteiger partial charge in [-0.2, -0.15) is 0 Å². The van der Waals surface area contributed by atoms with Gasteiger partial charge >= 0.3 is 0 Å². The Morgan fingerprint density at radius 2 is 1.81 bits per heavy atom. The highest BCUT2D eigenvalue weighted by Gasteiger charge is 2.26. The summed E-state index contributed by atoms with van der Waals surface area (Å²) in [5, 5.41) is 0. The van der Waals surface area contributed by atoms with Gasteiger partial charge in [0.1, 0.15) is 0 Å². The van der Waals surface area contributed by atoms with Crippen LogP contribution in [0.3, 0.4) is 0 Å². The second-order valence-corrected chi connectivity index (χ2v) is 8.56. The zero-order valence-corrected chi connectivity index (χ0v) is 18.5. The van der Waals surface area contributed by atoms with E-state index in [1.807, 2.05) is 13.1 Å². The van der Waals surface area contributed by atoms with Crippen molar-refractivity contribution in [3.05, 3.63) is 82.3 Å². The van der Waals surface area contributed by atoms with Crippen LogP contribution < -0.4 is 15.4 Å². The Morgan fingerprint density at radius 1 is 1.06 bits per heavy atom. The lowest BCUT2D eigenvalue weighted by molar-refractivity contribution is 0.469. The van der Waals surface area contributed by atoms with Gasteiger partial charge < -0.3 is 14.4 Å². The molecule has 7 heteroatoms. The molecule has 1 N–H and O–H groups in total. The van der Waals surface area contributed by atoms with Gasteiger partial charge in [0.25, 0.3) is 5.56 Å². The van der Waals surface area contributed by atoms with Crippen molar-refractivity contribution in [3.63, 3.8) is 0 Å². The number of imidazole rings is 1. The molecule has 164 valence electrons. The molecule has 7 nitrogen and oxygen atoms in total. The average molecular weight is 429 g/mol. The van der Waals surface area contributed by atoms with Crippen LogP contribution in [0.2, 0.25) is 0 Å². The molecular weight excluding hydrogens is 400 g/mol. The molecule has 1 aliphatic rings. The van der Waals surface area contributed by atoms with Gasteiger partial charge in [-0.15, -0.1) is 0 Å². The number of aromatic amines is 1. The minimum absolute atomic E-state index is 0.121. The summed E-state index contributed by atoms with van der Waals surface area (Å²) in [6.07, 6.45) is 3.51. The summed E-state index contributed by atoms with van der Waals surface area (Å²) >= 11 is 0. The van der Waals surface area contributed by atoms with Crippen molar-refractivity contribution in [3.8, 4) is 0 Å². The van der Waals surface area contributed by atoms with E-state index in [2.05, 4.69) is 73.7 Å². The van der Waals surface area contributed by atoms with Crippen LogP contribution in [-0.2, 0) is 6.54 Å². The zero-order valence-electron chi connectivity index (χ0n) is 18.5. The number of fused-ring (bicyclic) bond motifs is 1. The summed E-state index contributed by atoms with van der Waals surface area (Å²) < 4.78 is 2.33. The molecule has 0 amide bonds. The Kier molecular flexibility index (Phi) is 5.39. The molecule has 1 aliphatic heterocycles. The Bertz CT molecular complexity index is 1270. The predicted octanol–water partition coefficient (Wildman–Crippen LogP) is 3.58. The van der Waals surface area contributed by atoms with E-state index in [1.165, 1.54) is 17.2 Å². The molecule has 0 spiro atoms. The molecule has 1 saturated heterocycles. The van der Waals surface area contributed by atoms with Crippen molar-refractivity contribution < 1.29 is 0 Å². The maximum absolute atomic E-state index is 11.7. The minimum Gasteiger partial charge on any atom is -0.342 e. The number of nitrogens with zero attached hydrogens (tertiary/aromatic N) is 5. The maximum Gasteiger partial charge on any atom is 0.252 e. The molecule has 0 unspecified atom stereocenters. The van der Waals surface area contributed by atoms with Crippen molar-refractivity contribution >= 4 is 22.9 Å². The largest absolute Gasteiger partial charge is 0.342 e. The van der Waals surface area contributed by atoms with Crippen LogP contribution in [0.25, 0.3) is 11.0 Å². The molecule has 5 rings (SSSR count). The third-order valence-corrected chi connectivity index (χ3v) is 6.38. The first-order valence-electron chi connectivity index (χ1n) is 11.1. The van der Waals surface area contributed by atoms with Crippen LogP contribution in [0, 0.1) is 6.92 Å². The fourth-order valence-electron chi connectivity index (χ4n) is 4.50. The second-order valence-electron chi connectivity index (χ2n) is 8.56. The predicted molar refractivity (Wildman–Crippen MR) is 129 cm³/mol. The van der Waals surface area contributed by atoms with Gasteiger partial charge in [-0.25, -0.2) is 9.97 Å². The van der Waals surface area contributed by atoms with Gasteiger partial charge in [-0.3, -0.25) is 9.78 Å². The van der Waals surface area contributed by atoms with Crippen molar-refractivity contribution in [1.82, 2.24) is 19.5 Å². The van der Waals surface area contributed by atoms with Crippen LogP contribution in [0.15, 0.2) is 65.6 Å². The van der Waals surface area contributed by atoms with E-state index in [0.717, 1.165) is 49.5 Å². The number of hydrogen-bond acceptors (Lipinski definition) is 5. The van der Waals surface area contributed by atoms with E-state index in [9.17, 15) is 4.79 Å². The maximum atomic E-state index is 11.7. The molecule has 32 heavy (non-hydrogen) atoms. The van der Waals surface area contributed by atoms with Gasteiger partial charge in [0.15, 0.2) is 0 Å². The van der Waals surface area contributed by atoms with E-state index < -0.39 is 0 Å². The normalized spacial score (nSPS) is 14.8. The molecular formula is C25H28N6O. The lowest BCUT2D eigenvalue weighted by Crippen LogP contribution is -2.45. The summed E-state index contributed by atoms with van der Waals surface area (Å²) in [5.41, 5.74) is 4.61. The summed E-state index contributed by atoms with van der Waals surface area (Å²) in [6.45, 7) is 4.72. The second kappa shape index (κ2) is 8.49. The van der Waals surface area contributed by atoms with Crippen molar-refractivity contribution in [2.45, 2.75) is 32.4 Å². The molecule has 0 bridgehead atoms. The Morgan fingerprint density at radius 3 is 2.56 bits per heavy atom. The topological polar surface area (TPSA) is 70.1 Å². The first kappa shape index (κ1) is 20.3. The number of rotatable bonds is 5. The monoisotopic (exact) mass is 428 g/mol. The number of para-hydroxylation sites is 2. The van der Waals surface area contributed by atoms with Crippen LogP contribution in [-0.4, -0.2) is 45.7 Å². The number of H-pyrrole nitrogens is 1. The van der Waals surface area contributed by atoms with E-state index in [-0.39, 0.29) is 5.56 Å². The molecule has 0 aliphatic carbocycles. The van der Waals surface area contributed by atoms with Crippen molar-refractivity contribution in [1.29, 1.82) is 0 Å². The number of aryl methyl sites for hydroxylation is 1. The van der Waals surface area contributed by atoms with E-state index in [0.29, 0.717) is 12.0 Å². The molecule has 0 atom stereocenters. The highest BCUT2D eigenvalue weighted by Crippen LogP contribution is 2.28. The standard InChI is InChI=1S/C25H28N6O/c1-18-7-9-19(10-8-18)17-31-22-6-4-3-5-21(22)27-25(31)30-15-12-20(13-16-30)29(2)24-26-14-11-23(32)28-24/h3-11,14,20H,12-13,15-17H2,1-2H3,(H,26,28,32). The highest BCUT2D eigenvalue weighted by molar-refractivity contribution is 5.79. The van der Waals surface area contributed by atoms with Gasteiger partial charge in [-0.05, 0) is 37.5 Å². The van der Waals surface area contributed by atoms with Gasteiger partial charge in [-0.1, -0.05) is 42.0 Å². The third-order valence-electron chi connectivity index (χ3n) is 6.38. The summed E-state index contributed by atoms with van der Waals surface area (Å²) in [5.74, 6) is 1.65. The molecule has 0 saturated carbocycles. The molecule has 3 heterocycles. The zero-order chi connectivity index (χ0) is 22.1. The van der Waals surface area contributed by atoms with Gasteiger partial charge in [0.2, 0.25) is 11.9 Å². The van der Waals surface area contributed by atoms with Gasteiger partial charge in [0, 0.05) is 38.4 Å². The summed E-state index contributed by atoms with van der Waals surface area (Å²) in [7, 11) is 2.01. The molecule has 1 fully saturated rings. The molecule has 2 aromatic heterocycles. The van der Waals surface area contributed by atoms with E-state index in [4.69, 9.17) is 4.98 Å². The van der Waals surface area contributed by atoms with Crippen LogP contribution in [0.5, 0.6) is 0 Å². The summed E-state index contributed by atoms with van der Waals surface area (Å²) in [6, 6.07) is 18.9. The number of aromatic nitrogens is 4. The Labute approximate surface area is 187 Å². The fraction of sp³-hybridized carbons (Fsp3) is 0.320. The Balaban J connectivity index is 1.38. The average Bonchev–Trinajstić information content (AvgIpc) is 3.18. The lowest BCUT2D eigenvalue weighted by atomic mass is 10.0. The first-order valence-corrected chi connectivity index (χ1v) is 11.1. The minimum atomic E-state index is -0.121. The number of hydrogen-bond donors (Lipinski definition) is 1. The SMILES string of the molecule is Cc1ccc(Cn2c(N3CCC(N(C)c4nccc(=O)[nH]4)CC3)nc3ccccc32)cc1. The molecule has 0 radical (unpaired) electrons. The smallest absolute Gasteiger partial charge is 0.252 e. The number of anilines is 2. The van der Waals surface area contributed by atoms with E-state index in [1.54, 1.807) is 6.20 Å². The van der Waals surface area contributed by atoms with Crippen LogP contribution in [0.1, 0.15) is 24.0 Å².